The van der Waals surface area contributed by atoms with Crippen molar-refractivity contribution in [3.05, 3.63) is 66.2 Å². The van der Waals surface area contributed by atoms with Gasteiger partial charge in [-0.1, -0.05) is 12.1 Å². The molecule has 0 aliphatic carbocycles. The number of phenolic OH excluding ortho intramolecular Hbond substituents is 1. The summed E-state index contributed by atoms with van der Waals surface area (Å²) in [7, 11) is 2.97. The predicted octanol–water partition coefficient (Wildman–Crippen LogP) is 4.83. The van der Waals surface area contributed by atoms with E-state index in [4.69, 9.17) is 13.9 Å². The molecule has 1 aromatic heterocycles. The number of ether oxygens (including phenoxy) is 2. The molecule has 0 radical (unpaired) electrons. The van der Waals surface area contributed by atoms with Crippen molar-refractivity contribution in [3.8, 4) is 28.7 Å². The van der Waals surface area contributed by atoms with Crippen LogP contribution in [0.15, 0.2) is 65.1 Å². The molecule has 0 aliphatic rings. The highest BCUT2D eigenvalue weighted by molar-refractivity contribution is 8.12. The van der Waals surface area contributed by atoms with Crippen LogP contribution in [0.4, 0.5) is 10.5 Å². The first-order chi connectivity index (χ1) is 16.0. The van der Waals surface area contributed by atoms with Gasteiger partial charge >= 0.3 is 6.03 Å². The lowest BCUT2D eigenvalue weighted by molar-refractivity contribution is 0.108. The number of rotatable bonds is 5. The fourth-order valence-electron chi connectivity index (χ4n) is 3.04. The van der Waals surface area contributed by atoms with E-state index in [0.29, 0.717) is 51.4 Å². The maximum absolute atomic E-state index is 12.4. The molecule has 4 aromatic rings. The van der Waals surface area contributed by atoms with E-state index in [-0.39, 0.29) is 16.8 Å². The summed E-state index contributed by atoms with van der Waals surface area (Å²) in [4.78, 5) is 29.1. The number of aromatic hydroxyl groups is 1. The smallest absolute Gasteiger partial charge is 0.329 e. The molecule has 33 heavy (non-hydrogen) atoms. The number of amides is 2. The van der Waals surface area contributed by atoms with Crippen molar-refractivity contribution >= 4 is 39.9 Å². The SMILES string of the molecule is COc1ccc(C(=O)SNC(=O)Nc2ccc(O)c(-c3nc4ccccc4o3)c2)cc1OC. The number of fused-ring (bicyclic) bond motifs is 1. The van der Waals surface area contributed by atoms with Gasteiger partial charge in [0.2, 0.25) is 11.0 Å². The average molecular weight is 465 g/mol. The molecule has 1 heterocycles. The van der Waals surface area contributed by atoms with Crippen molar-refractivity contribution in [2.45, 2.75) is 0 Å². The second-order valence-corrected chi connectivity index (χ2v) is 7.51. The van der Waals surface area contributed by atoms with E-state index in [0.717, 1.165) is 0 Å². The zero-order valence-corrected chi connectivity index (χ0v) is 18.4. The summed E-state index contributed by atoms with van der Waals surface area (Å²) in [5, 5.41) is 12.5. The molecule has 4 rings (SSSR count). The average Bonchev–Trinajstić information content (AvgIpc) is 3.27. The molecule has 0 saturated carbocycles. The van der Waals surface area contributed by atoms with Crippen LogP contribution >= 0.6 is 11.9 Å². The normalized spacial score (nSPS) is 10.6. The minimum absolute atomic E-state index is 0.0504. The number of benzene rings is 3. The van der Waals surface area contributed by atoms with E-state index in [1.54, 1.807) is 24.3 Å². The van der Waals surface area contributed by atoms with Gasteiger partial charge in [-0.05, 0) is 48.5 Å². The number of nitrogens with zero attached hydrogens (tertiary/aromatic N) is 1. The first-order valence-corrected chi connectivity index (χ1v) is 10.5. The Hall–Kier alpha value is -4.18. The largest absolute Gasteiger partial charge is 0.507 e. The summed E-state index contributed by atoms with van der Waals surface area (Å²) >= 11 is 0.619. The van der Waals surface area contributed by atoms with Crippen LogP contribution in [0.1, 0.15) is 10.4 Å². The molecule has 2 amide bonds. The van der Waals surface area contributed by atoms with E-state index in [2.05, 4.69) is 15.0 Å². The van der Waals surface area contributed by atoms with Gasteiger partial charge in [0.1, 0.15) is 11.3 Å². The third-order valence-corrected chi connectivity index (χ3v) is 5.34. The Labute approximate surface area is 192 Å². The van der Waals surface area contributed by atoms with Gasteiger partial charge in [0.15, 0.2) is 17.1 Å². The number of hydrogen-bond donors (Lipinski definition) is 3. The van der Waals surface area contributed by atoms with E-state index >= 15 is 0 Å². The highest BCUT2D eigenvalue weighted by atomic mass is 32.2. The lowest BCUT2D eigenvalue weighted by Gasteiger charge is -2.10. The molecule has 0 fully saturated rings. The number of hydrogen-bond acceptors (Lipinski definition) is 8. The van der Waals surface area contributed by atoms with Crippen molar-refractivity contribution < 1.29 is 28.6 Å². The van der Waals surface area contributed by atoms with Crippen molar-refractivity contribution in [2.24, 2.45) is 0 Å². The Kier molecular flexibility index (Phi) is 6.36. The Morgan fingerprint density at radius 1 is 1.00 bits per heavy atom. The molecule has 0 saturated heterocycles. The second-order valence-electron chi connectivity index (χ2n) is 6.73. The fourth-order valence-corrected chi connectivity index (χ4v) is 3.53. The monoisotopic (exact) mass is 465 g/mol. The second kappa shape index (κ2) is 9.53. The highest BCUT2D eigenvalue weighted by Crippen LogP contribution is 2.33. The molecule has 3 N–H and O–H groups in total. The number of phenols is 1. The summed E-state index contributed by atoms with van der Waals surface area (Å²) in [6, 6.07) is 15.8. The molecule has 0 aliphatic heterocycles. The summed E-state index contributed by atoms with van der Waals surface area (Å²) < 4.78 is 18.5. The minimum atomic E-state index is -0.622. The number of anilines is 1. The lowest BCUT2D eigenvalue weighted by atomic mass is 10.1. The summed E-state index contributed by atoms with van der Waals surface area (Å²) in [6.07, 6.45) is 0. The van der Waals surface area contributed by atoms with Crippen LogP contribution in [-0.4, -0.2) is 35.5 Å². The van der Waals surface area contributed by atoms with Gasteiger partial charge < -0.3 is 24.3 Å². The van der Waals surface area contributed by atoms with Gasteiger partial charge in [-0.3, -0.25) is 9.52 Å². The lowest BCUT2D eigenvalue weighted by Crippen LogP contribution is -2.24. The van der Waals surface area contributed by atoms with Crippen LogP contribution in [0.25, 0.3) is 22.6 Å². The number of carbonyl (C=O) groups is 2. The van der Waals surface area contributed by atoms with Gasteiger partial charge in [-0.25, -0.2) is 9.78 Å². The number of para-hydroxylation sites is 2. The first-order valence-electron chi connectivity index (χ1n) is 9.67. The van der Waals surface area contributed by atoms with Gasteiger partial charge in [-0.2, -0.15) is 0 Å². The van der Waals surface area contributed by atoms with Crippen molar-refractivity contribution in [2.75, 3.05) is 19.5 Å². The molecule has 0 atom stereocenters. The Balaban J connectivity index is 1.42. The van der Waals surface area contributed by atoms with Gasteiger partial charge in [0.25, 0.3) is 0 Å². The van der Waals surface area contributed by atoms with E-state index in [1.807, 2.05) is 12.1 Å². The highest BCUT2D eigenvalue weighted by Gasteiger charge is 2.16. The number of nitrogens with one attached hydrogen (secondary N) is 2. The third-order valence-electron chi connectivity index (χ3n) is 4.63. The quantitative estimate of drug-likeness (QED) is 0.283. The van der Waals surface area contributed by atoms with Crippen LogP contribution in [0.2, 0.25) is 0 Å². The zero-order chi connectivity index (χ0) is 23.4. The van der Waals surface area contributed by atoms with Crippen molar-refractivity contribution in [1.29, 1.82) is 0 Å². The van der Waals surface area contributed by atoms with E-state index in [1.165, 1.54) is 38.5 Å². The molecule has 0 unspecified atom stereocenters. The number of carbonyl (C=O) groups excluding carboxylic acids is 2. The van der Waals surface area contributed by atoms with Gasteiger partial charge in [-0.15, -0.1) is 0 Å². The molecule has 3 aromatic carbocycles. The fraction of sp³-hybridized carbons (Fsp3) is 0.0870. The number of aromatic nitrogens is 1. The molecule has 10 heteroatoms. The topological polar surface area (TPSA) is 123 Å². The maximum atomic E-state index is 12.4. The Morgan fingerprint density at radius 3 is 2.55 bits per heavy atom. The van der Waals surface area contributed by atoms with Crippen LogP contribution < -0.4 is 19.5 Å². The minimum Gasteiger partial charge on any atom is -0.507 e. The van der Waals surface area contributed by atoms with Crippen molar-refractivity contribution in [1.82, 2.24) is 9.71 Å². The van der Waals surface area contributed by atoms with Crippen molar-refractivity contribution in [3.63, 3.8) is 0 Å². The Morgan fingerprint density at radius 2 is 1.79 bits per heavy atom. The molecule has 9 nitrogen and oxygen atoms in total. The van der Waals surface area contributed by atoms with Crippen LogP contribution in [0.5, 0.6) is 17.2 Å². The van der Waals surface area contributed by atoms with Gasteiger partial charge in [0.05, 0.1) is 19.8 Å². The van der Waals surface area contributed by atoms with Gasteiger partial charge in [0, 0.05) is 23.2 Å². The molecular weight excluding hydrogens is 446 g/mol. The van der Waals surface area contributed by atoms with E-state index < -0.39 is 6.03 Å². The Bertz CT molecular complexity index is 1300. The summed E-state index contributed by atoms with van der Waals surface area (Å²) in [6.45, 7) is 0. The van der Waals surface area contributed by atoms with E-state index in [9.17, 15) is 14.7 Å². The summed E-state index contributed by atoms with van der Waals surface area (Å²) in [5.74, 6) is 1.07. The molecule has 0 bridgehead atoms. The third kappa shape index (κ3) is 4.85. The maximum Gasteiger partial charge on any atom is 0.329 e. The summed E-state index contributed by atoms with van der Waals surface area (Å²) in [5.41, 5.74) is 2.25. The van der Waals surface area contributed by atoms with Crippen LogP contribution in [0, 0.1) is 0 Å². The standard InChI is InChI=1S/C23H19N3O6S/c1-30-19-10-7-13(11-20(19)31-2)22(28)33-26-23(29)24-14-8-9-17(27)15(12-14)21-25-16-5-3-4-6-18(16)32-21/h3-12,27H,1-2H3,(H2,24,26,29). The number of oxazole rings is 1. The number of urea groups is 1. The molecule has 168 valence electrons. The van der Waals surface area contributed by atoms with Crippen LogP contribution in [-0.2, 0) is 0 Å². The number of methoxy groups -OCH3 is 2. The van der Waals surface area contributed by atoms with Crippen LogP contribution in [0.3, 0.4) is 0 Å². The zero-order valence-electron chi connectivity index (χ0n) is 17.6. The first kappa shape index (κ1) is 22.0. The molecule has 0 spiro atoms. The predicted molar refractivity (Wildman–Crippen MR) is 125 cm³/mol. The molecular formula is C23H19N3O6S.